The molecule has 0 atom stereocenters. The molecule has 0 unspecified atom stereocenters. The average molecular weight is 407 g/mol. The molecule has 6 heteroatoms. The Labute approximate surface area is 174 Å². The SMILES string of the molecule is Cc1ccc(C)c(Cc2c(C)nc3nc(SCc4cccc(F)c4)nn3c2C)c1. The van der Waals surface area contributed by atoms with E-state index in [-0.39, 0.29) is 5.82 Å². The lowest BCUT2D eigenvalue weighted by molar-refractivity contribution is 0.626. The molecule has 0 amide bonds. The molecule has 0 radical (unpaired) electrons. The van der Waals surface area contributed by atoms with Gasteiger partial charge in [0.05, 0.1) is 0 Å². The summed E-state index contributed by atoms with van der Waals surface area (Å²) in [6.45, 7) is 8.35. The van der Waals surface area contributed by atoms with Crippen LogP contribution in [0.2, 0.25) is 0 Å². The van der Waals surface area contributed by atoms with E-state index in [2.05, 4.69) is 49.1 Å². The largest absolute Gasteiger partial charge is 0.253 e. The fourth-order valence-electron chi connectivity index (χ4n) is 3.46. The van der Waals surface area contributed by atoms with Crippen molar-refractivity contribution in [2.45, 2.75) is 45.0 Å². The fourth-order valence-corrected chi connectivity index (χ4v) is 4.22. The predicted molar refractivity (Wildman–Crippen MR) is 115 cm³/mol. The van der Waals surface area contributed by atoms with Crippen LogP contribution < -0.4 is 0 Å². The van der Waals surface area contributed by atoms with Gasteiger partial charge in [-0.15, -0.1) is 5.10 Å². The second-order valence-corrected chi connectivity index (χ2v) is 8.34. The minimum atomic E-state index is -0.227. The number of fused-ring (bicyclic) bond motifs is 1. The van der Waals surface area contributed by atoms with Gasteiger partial charge in [-0.3, -0.25) is 0 Å². The minimum Gasteiger partial charge on any atom is -0.216 e. The highest BCUT2D eigenvalue weighted by Gasteiger charge is 2.15. The van der Waals surface area contributed by atoms with Crippen LogP contribution >= 0.6 is 11.8 Å². The first-order valence-electron chi connectivity index (χ1n) is 9.57. The number of hydrogen-bond donors (Lipinski definition) is 0. The van der Waals surface area contributed by atoms with Gasteiger partial charge in [0.25, 0.3) is 5.78 Å². The van der Waals surface area contributed by atoms with Gasteiger partial charge in [-0.1, -0.05) is 47.7 Å². The van der Waals surface area contributed by atoms with Crippen molar-refractivity contribution in [1.29, 1.82) is 0 Å². The fraction of sp³-hybridized carbons (Fsp3) is 0.261. The summed E-state index contributed by atoms with van der Waals surface area (Å²) in [5, 5.41) is 5.29. The maximum atomic E-state index is 13.4. The second-order valence-electron chi connectivity index (χ2n) is 7.39. The summed E-state index contributed by atoms with van der Waals surface area (Å²) in [5.74, 6) is 0.990. The molecule has 0 N–H and O–H groups in total. The van der Waals surface area contributed by atoms with Gasteiger partial charge in [0, 0.05) is 23.6 Å². The van der Waals surface area contributed by atoms with Gasteiger partial charge in [-0.05, 0) is 62.1 Å². The lowest BCUT2D eigenvalue weighted by atomic mass is 9.97. The monoisotopic (exact) mass is 406 g/mol. The summed E-state index contributed by atoms with van der Waals surface area (Å²) in [5.41, 5.74) is 7.95. The molecule has 0 bridgehead atoms. The van der Waals surface area contributed by atoms with Crippen molar-refractivity contribution in [2.75, 3.05) is 0 Å². The molecule has 0 spiro atoms. The number of benzene rings is 2. The third kappa shape index (κ3) is 4.17. The average Bonchev–Trinajstić information content (AvgIpc) is 3.09. The van der Waals surface area contributed by atoms with Crippen molar-refractivity contribution >= 4 is 17.5 Å². The lowest BCUT2D eigenvalue weighted by Crippen LogP contribution is -2.07. The van der Waals surface area contributed by atoms with Gasteiger partial charge in [0.1, 0.15) is 5.82 Å². The molecule has 0 saturated heterocycles. The summed E-state index contributed by atoms with van der Waals surface area (Å²) in [4.78, 5) is 9.25. The standard InChI is InChI=1S/C23H23FN4S/c1-14-8-9-15(2)19(10-14)12-21-16(3)25-22-26-23(27-28(22)17(21)4)29-13-18-6-5-7-20(24)11-18/h5-11H,12-13H2,1-4H3. The molecule has 2 aromatic heterocycles. The van der Waals surface area contributed by atoms with Gasteiger partial charge in [0.2, 0.25) is 5.16 Å². The minimum absolute atomic E-state index is 0.227. The van der Waals surface area contributed by atoms with Gasteiger partial charge < -0.3 is 0 Å². The van der Waals surface area contributed by atoms with Crippen LogP contribution in [0.4, 0.5) is 4.39 Å². The Hall–Kier alpha value is -2.73. The van der Waals surface area contributed by atoms with Crippen LogP contribution in [0.25, 0.3) is 5.78 Å². The van der Waals surface area contributed by atoms with E-state index in [9.17, 15) is 4.39 Å². The first-order chi connectivity index (χ1) is 13.9. The maximum Gasteiger partial charge on any atom is 0.253 e. The van der Waals surface area contributed by atoms with Crippen LogP contribution in [0.15, 0.2) is 47.6 Å². The Morgan fingerprint density at radius 1 is 1.00 bits per heavy atom. The van der Waals surface area contributed by atoms with Crippen molar-refractivity contribution in [2.24, 2.45) is 0 Å². The summed E-state index contributed by atoms with van der Waals surface area (Å²) in [7, 11) is 0. The molecule has 0 fully saturated rings. The number of thioether (sulfide) groups is 1. The van der Waals surface area contributed by atoms with Gasteiger partial charge in [-0.2, -0.15) is 4.98 Å². The third-order valence-electron chi connectivity index (χ3n) is 5.16. The normalized spacial score (nSPS) is 11.3. The smallest absolute Gasteiger partial charge is 0.216 e. The van der Waals surface area contributed by atoms with E-state index in [0.717, 1.165) is 23.4 Å². The highest BCUT2D eigenvalue weighted by molar-refractivity contribution is 7.98. The zero-order valence-electron chi connectivity index (χ0n) is 17.0. The molecule has 2 aromatic carbocycles. The number of nitrogens with zero attached hydrogens (tertiary/aromatic N) is 4. The van der Waals surface area contributed by atoms with Crippen LogP contribution in [0.3, 0.4) is 0 Å². The summed E-state index contributed by atoms with van der Waals surface area (Å²) in [6, 6.07) is 13.2. The molecule has 29 heavy (non-hydrogen) atoms. The number of aromatic nitrogens is 4. The molecule has 0 aliphatic heterocycles. The number of rotatable bonds is 5. The Balaban J connectivity index is 1.63. The van der Waals surface area contributed by atoms with E-state index in [1.807, 2.05) is 17.5 Å². The highest BCUT2D eigenvalue weighted by Crippen LogP contribution is 2.24. The van der Waals surface area contributed by atoms with E-state index in [1.54, 1.807) is 12.1 Å². The molecule has 4 nitrogen and oxygen atoms in total. The highest BCUT2D eigenvalue weighted by atomic mass is 32.2. The zero-order valence-corrected chi connectivity index (χ0v) is 17.8. The quantitative estimate of drug-likeness (QED) is 0.417. The van der Waals surface area contributed by atoms with Crippen LogP contribution in [0.5, 0.6) is 0 Å². The van der Waals surface area contributed by atoms with Crippen molar-refractivity contribution in [3.8, 4) is 0 Å². The zero-order chi connectivity index (χ0) is 20.5. The molecule has 0 aliphatic carbocycles. The van der Waals surface area contributed by atoms with Crippen molar-refractivity contribution in [3.05, 3.63) is 87.5 Å². The van der Waals surface area contributed by atoms with E-state index >= 15 is 0 Å². The van der Waals surface area contributed by atoms with Gasteiger partial charge >= 0.3 is 0 Å². The van der Waals surface area contributed by atoms with E-state index in [0.29, 0.717) is 16.7 Å². The number of hydrogen-bond acceptors (Lipinski definition) is 4. The van der Waals surface area contributed by atoms with Gasteiger partial charge in [0.15, 0.2) is 0 Å². The topological polar surface area (TPSA) is 43.1 Å². The molecule has 0 saturated carbocycles. The third-order valence-corrected chi connectivity index (χ3v) is 6.07. The van der Waals surface area contributed by atoms with Crippen LogP contribution in [-0.2, 0) is 12.2 Å². The maximum absolute atomic E-state index is 13.4. The van der Waals surface area contributed by atoms with Crippen LogP contribution in [-0.4, -0.2) is 19.6 Å². The summed E-state index contributed by atoms with van der Waals surface area (Å²) in [6.07, 6.45) is 0.819. The summed E-state index contributed by atoms with van der Waals surface area (Å²) >= 11 is 1.49. The van der Waals surface area contributed by atoms with Crippen LogP contribution in [0, 0.1) is 33.5 Å². The van der Waals surface area contributed by atoms with Crippen molar-refractivity contribution in [3.63, 3.8) is 0 Å². The predicted octanol–water partition coefficient (Wildman–Crippen LogP) is 5.38. The van der Waals surface area contributed by atoms with E-state index in [1.165, 1.54) is 40.1 Å². The Kier molecular flexibility index (Phi) is 5.37. The summed E-state index contributed by atoms with van der Waals surface area (Å²) < 4.78 is 15.2. The number of aryl methyl sites for hydroxylation is 4. The molecule has 0 aliphatic rings. The first-order valence-corrected chi connectivity index (χ1v) is 10.6. The first kappa shape index (κ1) is 19.6. The Morgan fingerprint density at radius 3 is 2.62 bits per heavy atom. The van der Waals surface area contributed by atoms with E-state index in [4.69, 9.17) is 4.98 Å². The molecular formula is C23H23FN4S. The lowest BCUT2D eigenvalue weighted by Gasteiger charge is -2.12. The molecule has 2 heterocycles. The molecular weight excluding hydrogens is 383 g/mol. The molecule has 4 aromatic rings. The molecule has 148 valence electrons. The van der Waals surface area contributed by atoms with Crippen molar-refractivity contribution < 1.29 is 4.39 Å². The van der Waals surface area contributed by atoms with Crippen molar-refractivity contribution in [1.82, 2.24) is 19.6 Å². The second kappa shape index (κ2) is 7.95. The van der Waals surface area contributed by atoms with E-state index < -0.39 is 0 Å². The Bertz CT molecular complexity index is 1200. The molecule has 4 rings (SSSR count). The Morgan fingerprint density at radius 2 is 1.83 bits per heavy atom. The van der Waals surface area contributed by atoms with Gasteiger partial charge in [-0.25, -0.2) is 13.9 Å². The number of halogens is 1. The van der Waals surface area contributed by atoms with Crippen LogP contribution in [0.1, 0.15) is 39.2 Å².